The summed E-state index contributed by atoms with van der Waals surface area (Å²) < 4.78 is 0. The highest BCUT2D eigenvalue weighted by Crippen LogP contribution is 2.17. The Balaban J connectivity index is 2.41. The molecule has 0 aliphatic heterocycles. The van der Waals surface area contributed by atoms with E-state index in [2.05, 4.69) is 29.3 Å². The molecule has 0 amide bonds. The fourth-order valence-electron chi connectivity index (χ4n) is 2.23. The van der Waals surface area contributed by atoms with Crippen LogP contribution >= 0.6 is 0 Å². The summed E-state index contributed by atoms with van der Waals surface area (Å²) in [5, 5.41) is 12.1. The van der Waals surface area contributed by atoms with Crippen LogP contribution in [0.15, 0.2) is 30.3 Å². The highest BCUT2D eigenvalue weighted by molar-refractivity contribution is 5.78. The number of nitrogens with zero attached hydrogens (tertiary/aromatic N) is 1. The van der Waals surface area contributed by atoms with Gasteiger partial charge in [-0.15, -0.1) is 0 Å². The molecule has 0 saturated heterocycles. The smallest absolute Gasteiger partial charge is 0.323 e. The minimum Gasteiger partial charge on any atom is -0.480 e. The van der Waals surface area contributed by atoms with Crippen molar-refractivity contribution in [2.45, 2.75) is 38.6 Å². The summed E-state index contributed by atoms with van der Waals surface area (Å²) in [6.07, 6.45) is 2.53. The van der Waals surface area contributed by atoms with Gasteiger partial charge in [0.25, 0.3) is 0 Å². The quantitative estimate of drug-likeness (QED) is 0.682. The van der Waals surface area contributed by atoms with Crippen LogP contribution in [0.1, 0.15) is 33.1 Å². The first kappa shape index (κ1) is 16.5. The van der Waals surface area contributed by atoms with Crippen LogP contribution in [-0.2, 0) is 4.79 Å². The Morgan fingerprint density at radius 3 is 2.45 bits per heavy atom. The number of hydrogen-bond donors (Lipinski definition) is 2. The van der Waals surface area contributed by atoms with Gasteiger partial charge in [-0.2, -0.15) is 0 Å². The van der Waals surface area contributed by atoms with Gasteiger partial charge in [0.2, 0.25) is 0 Å². The first-order chi connectivity index (χ1) is 9.53. The standard InChI is InChI=1S/C16H26N2O2/c1-4-18(14-10-6-5-7-11-14)13-9-8-12-16(2,17-3)15(19)20/h5-7,10-11,17H,4,8-9,12-13H2,1-3H3,(H,19,20). The van der Waals surface area contributed by atoms with Crippen molar-refractivity contribution in [3.63, 3.8) is 0 Å². The van der Waals surface area contributed by atoms with Gasteiger partial charge in [-0.05, 0) is 52.3 Å². The van der Waals surface area contributed by atoms with Crippen LogP contribution in [0.2, 0.25) is 0 Å². The number of anilines is 1. The number of hydrogen-bond acceptors (Lipinski definition) is 3. The molecule has 0 aliphatic carbocycles. The average Bonchev–Trinajstić information content (AvgIpc) is 2.47. The predicted octanol–water partition coefficient (Wildman–Crippen LogP) is 2.75. The van der Waals surface area contributed by atoms with Crippen molar-refractivity contribution in [3.8, 4) is 0 Å². The van der Waals surface area contributed by atoms with Gasteiger partial charge in [-0.25, -0.2) is 0 Å². The molecule has 0 bridgehead atoms. The maximum Gasteiger partial charge on any atom is 0.323 e. The molecule has 2 N–H and O–H groups in total. The Morgan fingerprint density at radius 1 is 1.30 bits per heavy atom. The zero-order chi connectivity index (χ0) is 15.0. The molecule has 4 nitrogen and oxygen atoms in total. The second-order valence-electron chi connectivity index (χ2n) is 5.26. The van der Waals surface area contributed by atoms with Crippen LogP contribution in [0.5, 0.6) is 0 Å². The summed E-state index contributed by atoms with van der Waals surface area (Å²) in [4.78, 5) is 13.5. The lowest BCUT2D eigenvalue weighted by Crippen LogP contribution is -2.47. The summed E-state index contributed by atoms with van der Waals surface area (Å²) in [7, 11) is 1.70. The summed E-state index contributed by atoms with van der Waals surface area (Å²) in [6, 6.07) is 10.3. The van der Waals surface area contributed by atoms with Crippen LogP contribution in [0.3, 0.4) is 0 Å². The molecule has 0 fully saturated rings. The van der Waals surface area contributed by atoms with Gasteiger partial charge < -0.3 is 15.3 Å². The molecule has 1 atom stereocenters. The maximum atomic E-state index is 11.2. The Bertz CT molecular complexity index is 408. The lowest BCUT2D eigenvalue weighted by Gasteiger charge is -2.26. The van der Waals surface area contributed by atoms with Gasteiger partial charge in [-0.3, -0.25) is 4.79 Å². The third kappa shape index (κ3) is 4.53. The molecule has 0 radical (unpaired) electrons. The molecule has 1 aromatic rings. The van der Waals surface area contributed by atoms with E-state index in [9.17, 15) is 9.90 Å². The Labute approximate surface area is 121 Å². The van der Waals surface area contributed by atoms with E-state index >= 15 is 0 Å². The Morgan fingerprint density at radius 2 is 1.95 bits per heavy atom. The predicted molar refractivity (Wildman–Crippen MR) is 83.3 cm³/mol. The number of carboxylic acid groups (broad SMARTS) is 1. The van der Waals surface area contributed by atoms with Crippen molar-refractivity contribution in [2.24, 2.45) is 0 Å². The first-order valence-electron chi connectivity index (χ1n) is 7.26. The molecule has 20 heavy (non-hydrogen) atoms. The molecule has 1 rings (SSSR count). The van der Waals surface area contributed by atoms with Crippen molar-refractivity contribution in [3.05, 3.63) is 30.3 Å². The van der Waals surface area contributed by atoms with E-state index in [1.54, 1.807) is 14.0 Å². The lowest BCUT2D eigenvalue weighted by molar-refractivity contribution is -0.144. The van der Waals surface area contributed by atoms with E-state index < -0.39 is 11.5 Å². The Kier molecular flexibility index (Phi) is 6.52. The minimum absolute atomic E-state index is 0.644. The number of rotatable bonds is 9. The topological polar surface area (TPSA) is 52.6 Å². The number of aliphatic carboxylic acids is 1. The number of carbonyl (C=O) groups is 1. The largest absolute Gasteiger partial charge is 0.480 e. The average molecular weight is 278 g/mol. The molecule has 0 aromatic heterocycles. The van der Waals surface area contributed by atoms with Crippen LogP contribution < -0.4 is 10.2 Å². The molecular formula is C16H26N2O2. The van der Waals surface area contributed by atoms with Crippen LogP contribution in [0.4, 0.5) is 5.69 Å². The third-order valence-electron chi connectivity index (χ3n) is 3.88. The first-order valence-corrected chi connectivity index (χ1v) is 7.26. The maximum absolute atomic E-state index is 11.2. The van der Waals surface area contributed by atoms with Crippen molar-refractivity contribution < 1.29 is 9.90 Å². The third-order valence-corrected chi connectivity index (χ3v) is 3.88. The number of carboxylic acids is 1. The second-order valence-corrected chi connectivity index (χ2v) is 5.26. The zero-order valence-corrected chi connectivity index (χ0v) is 12.7. The molecular weight excluding hydrogens is 252 g/mol. The van der Waals surface area contributed by atoms with Gasteiger partial charge >= 0.3 is 5.97 Å². The van der Waals surface area contributed by atoms with Crippen molar-refractivity contribution in [1.29, 1.82) is 0 Å². The van der Waals surface area contributed by atoms with Gasteiger partial charge in [0, 0.05) is 18.8 Å². The van der Waals surface area contributed by atoms with Crippen LogP contribution in [0.25, 0.3) is 0 Å². The van der Waals surface area contributed by atoms with Crippen molar-refractivity contribution in [1.82, 2.24) is 5.32 Å². The van der Waals surface area contributed by atoms with Crippen molar-refractivity contribution >= 4 is 11.7 Å². The number of unbranched alkanes of at least 4 members (excludes halogenated alkanes) is 1. The highest BCUT2D eigenvalue weighted by atomic mass is 16.4. The van der Waals surface area contributed by atoms with E-state index in [0.29, 0.717) is 6.42 Å². The van der Waals surface area contributed by atoms with Gasteiger partial charge in [-0.1, -0.05) is 18.2 Å². The number of benzene rings is 1. The Hall–Kier alpha value is -1.55. The van der Waals surface area contributed by atoms with E-state index in [1.807, 2.05) is 18.2 Å². The van der Waals surface area contributed by atoms with Crippen LogP contribution in [-0.4, -0.2) is 36.8 Å². The molecule has 1 unspecified atom stereocenters. The fourth-order valence-corrected chi connectivity index (χ4v) is 2.23. The second kappa shape index (κ2) is 7.90. The van der Waals surface area contributed by atoms with E-state index in [1.165, 1.54) is 5.69 Å². The molecule has 0 spiro atoms. The number of para-hydroxylation sites is 1. The van der Waals surface area contributed by atoms with E-state index in [0.717, 1.165) is 25.9 Å². The highest BCUT2D eigenvalue weighted by Gasteiger charge is 2.30. The van der Waals surface area contributed by atoms with E-state index in [4.69, 9.17) is 0 Å². The lowest BCUT2D eigenvalue weighted by atomic mass is 9.95. The molecule has 4 heteroatoms. The monoisotopic (exact) mass is 278 g/mol. The number of likely N-dealkylation sites (N-methyl/N-ethyl adjacent to an activating group) is 1. The zero-order valence-electron chi connectivity index (χ0n) is 12.7. The molecule has 0 aliphatic rings. The normalized spacial score (nSPS) is 13.8. The molecule has 1 aromatic carbocycles. The summed E-state index contributed by atoms with van der Waals surface area (Å²) >= 11 is 0. The fraction of sp³-hybridized carbons (Fsp3) is 0.562. The van der Waals surface area contributed by atoms with Crippen molar-refractivity contribution in [2.75, 3.05) is 25.0 Å². The molecule has 112 valence electrons. The van der Waals surface area contributed by atoms with E-state index in [-0.39, 0.29) is 0 Å². The minimum atomic E-state index is -0.816. The summed E-state index contributed by atoms with van der Waals surface area (Å²) in [5.74, 6) is -0.782. The summed E-state index contributed by atoms with van der Waals surface area (Å²) in [6.45, 7) is 5.80. The van der Waals surface area contributed by atoms with Gasteiger partial charge in [0.15, 0.2) is 0 Å². The SMILES string of the molecule is CCN(CCCCC(C)(NC)C(=O)O)c1ccccc1. The van der Waals surface area contributed by atoms with Gasteiger partial charge in [0.1, 0.15) is 5.54 Å². The van der Waals surface area contributed by atoms with Crippen LogP contribution in [0, 0.1) is 0 Å². The number of nitrogens with one attached hydrogen (secondary N) is 1. The molecule has 0 heterocycles. The van der Waals surface area contributed by atoms with Gasteiger partial charge in [0.05, 0.1) is 0 Å². The summed E-state index contributed by atoms with van der Waals surface area (Å²) in [5.41, 5.74) is 0.411. The molecule has 0 saturated carbocycles.